The van der Waals surface area contributed by atoms with E-state index in [0.717, 1.165) is 10.0 Å². The summed E-state index contributed by atoms with van der Waals surface area (Å²) in [6.07, 6.45) is 1.60. The van der Waals surface area contributed by atoms with Crippen molar-refractivity contribution in [2.24, 2.45) is 0 Å². The Bertz CT molecular complexity index is 790. The number of hydrogen-bond acceptors (Lipinski definition) is 3. The molecule has 4 nitrogen and oxygen atoms in total. The highest BCUT2D eigenvalue weighted by atomic mass is 79.9. The van der Waals surface area contributed by atoms with Gasteiger partial charge in [0, 0.05) is 16.2 Å². The van der Waals surface area contributed by atoms with E-state index < -0.39 is 5.91 Å². The molecule has 2 aromatic rings. The van der Waals surface area contributed by atoms with Gasteiger partial charge in [0.2, 0.25) is 0 Å². The fourth-order valence-electron chi connectivity index (χ4n) is 1.99. The van der Waals surface area contributed by atoms with Crippen LogP contribution in [-0.2, 0) is 4.79 Å². The number of nitrogens with zero attached hydrogens (tertiary/aromatic N) is 1. The van der Waals surface area contributed by atoms with Crippen LogP contribution in [-0.4, -0.2) is 12.0 Å². The molecular formula is C19H17BrN2O2. The Morgan fingerprint density at radius 3 is 2.58 bits per heavy atom. The molecule has 0 spiro atoms. The second-order valence-electron chi connectivity index (χ2n) is 5.37. The summed E-state index contributed by atoms with van der Waals surface area (Å²) in [6.45, 7) is 3.86. The number of benzene rings is 2. The van der Waals surface area contributed by atoms with E-state index in [2.05, 4.69) is 21.2 Å². The number of carbonyl (C=O) groups excluding carboxylic acids is 1. The molecule has 0 aliphatic rings. The van der Waals surface area contributed by atoms with Crippen LogP contribution in [0.15, 0.2) is 58.6 Å². The maximum absolute atomic E-state index is 12.3. The number of rotatable bonds is 5. The van der Waals surface area contributed by atoms with Crippen LogP contribution in [0.25, 0.3) is 6.08 Å². The highest BCUT2D eigenvalue weighted by Crippen LogP contribution is 2.19. The van der Waals surface area contributed by atoms with E-state index in [1.54, 1.807) is 24.3 Å². The molecule has 2 rings (SSSR count). The number of amides is 1. The van der Waals surface area contributed by atoms with Crippen molar-refractivity contribution in [3.05, 3.63) is 64.1 Å². The summed E-state index contributed by atoms with van der Waals surface area (Å²) in [7, 11) is 0. The van der Waals surface area contributed by atoms with Crippen LogP contribution >= 0.6 is 15.9 Å². The van der Waals surface area contributed by atoms with E-state index in [4.69, 9.17) is 4.74 Å². The molecule has 122 valence electrons. The molecular weight excluding hydrogens is 368 g/mol. The van der Waals surface area contributed by atoms with E-state index in [0.29, 0.717) is 11.4 Å². The van der Waals surface area contributed by atoms with Crippen LogP contribution in [0, 0.1) is 11.3 Å². The summed E-state index contributed by atoms with van der Waals surface area (Å²) >= 11 is 3.35. The average molecular weight is 385 g/mol. The van der Waals surface area contributed by atoms with E-state index >= 15 is 0 Å². The highest BCUT2D eigenvalue weighted by molar-refractivity contribution is 9.10. The first-order chi connectivity index (χ1) is 11.5. The third-order valence-electron chi connectivity index (χ3n) is 3.01. The molecule has 0 aliphatic carbocycles. The number of hydrogen-bond donors (Lipinski definition) is 1. The smallest absolute Gasteiger partial charge is 0.266 e. The normalized spacial score (nSPS) is 11.0. The van der Waals surface area contributed by atoms with Gasteiger partial charge in [-0.3, -0.25) is 4.79 Å². The predicted molar refractivity (Wildman–Crippen MR) is 98.6 cm³/mol. The first kappa shape index (κ1) is 17.8. The van der Waals surface area contributed by atoms with Crippen LogP contribution in [0.3, 0.4) is 0 Å². The zero-order chi connectivity index (χ0) is 17.5. The Labute approximate surface area is 149 Å². The molecule has 24 heavy (non-hydrogen) atoms. The maximum Gasteiger partial charge on any atom is 0.266 e. The first-order valence-electron chi connectivity index (χ1n) is 7.43. The first-order valence-corrected chi connectivity index (χ1v) is 8.22. The minimum absolute atomic E-state index is 0.0347. The van der Waals surface area contributed by atoms with Crippen LogP contribution in [0.2, 0.25) is 0 Å². The molecule has 0 bridgehead atoms. The van der Waals surface area contributed by atoms with Crippen LogP contribution in [0.1, 0.15) is 19.4 Å². The van der Waals surface area contributed by atoms with Gasteiger partial charge in [-0.25, -0.2) is 0 Å². The lowest BCUT2D eigenvalue weighted by atomic mass is 10.1. The molecule has 0 unspecified atom stereocenters. The van der Waals surface area contributed by atoms with Gasteiger partial charge >= 0.3 is 0 Å². The van der Waals surface area contributed by atoms with Crippen molar-refractivity contribution in [3.8, 4) is 11.8 Å². The Balaban J connectivity index is 2.15. The summed E-state index contributed by atoms with van der Waals surface area (Å²) in [5.41, 5.74) is 1.39. The maximum atomic E-state index is 12.3. The molecule has 0 radical (unpaired) electrons. The van der Waals surface area contributed by atoms with E-state index in [1.807, 2.05) is 50.2 Å². The average Bonchev–Trinajstić information content (AvgIpc) is 2.54. The van der Waals surface area contributed by atoms with Gasteiger partial charge in [-0.2, -0.15) is 5.26 Å². The van der Waals surface area contributed by atoms with E-state index in [-0.39, 0.29) is 11.7 Å². The molecule has 0 atom stereocenters. The number of halogens is 1. The largest absolute Gasteiger partial charge is 0.491 e. The van der Waals surface area contributed by atoms with Crippen LogP contribution < -0.4 is 10.1 Å². The Kier molecular flexibility index (Phi) is 6.16. The molecule has 0 heterocycles. The zero-order valence-electron chi connectivity index (χ0n) is 13.4. The second kappa shape index (κ2) is 8.32. The lowest BCUT2D eigenvalue weighted by Crippen LogP contribution is -2.13. The Hall–Kier alpha value is -2.58. The van der Waals surface area contributed by atoms with Gasteiger partial charge in [-0.1, -0.05) is 34.1 Å². The van der Waals surface area contributed by atoms with Crippen LogP contribution in [0.5, 0.6) is 5.75 Å². The number of anilines is 1. The fraction of sp³-hybridized carbons (Fsp3) is 0.158. The van der Waals surface area contributed by atoms with Gasteiger partial charge in [-0.05, 0) is 49.8 Å². The summed E-state index contributed by atoms with van der Waals surface area (Å²) in [4.78, 5) is 12.3. The van der Waals surface area contributed by atoms with Gasteiger partial charge in [0.05, 0.1) is 6.10 Å². The van der Waals surface area contributed by atoms with Crippen molar-refractivity contribution in [2.45, 2.75) is 20.0 Å². The van der Waals surface area contributed by atoms with Crippen molar-refractivity contribution in [2.75, 3.05) is 5.32 Å². The molecule has 0 aliphatic heterocycles. The topological polar surface area (TPSA) is 62.1 Å². The summed E-state index contributed by atoms with van der Waals surface area (Å²) in [5.74, 6) is 0.209. The fourth-order valence-corrected chi connectivity index (χ4v) is 2.26. The lowest BCUT2D eigenvalue weighted by Gasteiger charge is -2.11. The summed E-state index contributed by atoms with van der Waals surface area (Å²) < 4.78 is 6.53. The molecule has 5 heteroatoms. The Morgan fingerprint density at radius 1 is 1.25 bits per heavy atom. The van der Waals surface area contributed by atoms with Gasteiger partial charge in [-0.15, -0.1) is 0 Å². The number of nitrogens with one attached hydrogen (secondary N) is 1. The number of nitriles is 1. The summed E-state index contributed by atoms with van der Waals surface area (Å²) in [6, 6.07) is 16.4. The standard InChI is InChI=1S/C19H17BrN2O2/c1-13(2)24-18-5-3-4-17(11-18)22-19(23)15(12-21)10-14-6-8-16(20)9-7-14/h3-11,13H,1-2H3,(H,22,23)/b15-10-. The monoisotopic (exact) mass is 384 g/mol. The molecule has 0 saturated heterocycles. The van der Waals surface area contributed by atoms with Crippen LogP contribution in [0.4, 0.5) is 5.69 Å². The summed E-state index contributed by atoms with van der Waals surface area (Å²) in [5, 5.41) is 12.0. The van der Waals surface area contributed by atoms with E-state index in [9.17, 15) is 10.1 Å². The third-order valence-corrected chi connectivity index (χ3v) is 3.54. The van der Waals surface area contributed by atoms with Crippen molar-refractivity contribution in [1.29, 1.82) is 5.26 Å². The number of ether oxygens (including phenoxy) is 1. The molecule has 2 aromatic carbocycles. The minimum Gasteiger partial charge on any atom is -0.491 e. The molecule has 0 saturated carbocycles. The van der Waals surface area contributed by atoms with Gasteiger partial charge in [0.25, 0.3) is 5.91 Å². The molecule has 1 amide bonds. The molecule has 1 N–H and O–H groups in total. The molecule has 0 fully saturated rings. The van der Waals surface area contributed by atoms with Gasteiger partial charge in [0.15, 0.2) is 0 Å². The van der Waals surface area contributed by atoms with Crippen molar-refractivity contribution in [1.82, 2.24) is 0 Å². The third kappa shape index (κ3) is 5.25. The van der Waals surface area contributed by atoms with Crippen molar-refractivity contribution < 1.29 is 9.53 Å². The Morgan fingerprint density at radius 2 is 1.96 bits per heavy atom. The van der Waals surface area contributed by atoms with Crippen molar-refractivity contribution in [3.63, 3.8) is 0 Å². The SMILES string of the molecule is CC(C)Oc1cccc(NC(=O)/C(C#N)=C\c2ccc(Br)cc2)c1. The number of carbonyl (C=O) groups is 1. The zero-order valence-corrected chi connectivity index (χ0v) is 15.0. The lowest BCUT2D eigenvalue weighted by molar-refractivity contribution is -0.112. The quantitative estimate of drug-likeness (QED) is 0.595. The van der Waals surface area contributed by atoms with E-state index in [1.165, 1.54) is 0 Å². The highest BCUT2D eigenvalue weighted by Gasteiger charge is 2.10. The molecule has 0 aromatic heterocycles. The van der Waals surface area contributed by atoms with Gasteiger partial charge in [0.1, 0.15) is 17.4 Å². The minimum atomic E-state index is -0.456. The predicted octanol–water partition coefficient (Wildman–Crippen LogP) is 4.78. The van der Waals surface area contributed by atoms with Crippen molar-refractivity contribution >= 4 is 33.6 Å². The van der Waals surface area contributed by atoms with Gasteiger partial charge < -0.3 is 10.1 Å². The second-order valence-corrected chi connectivity index (χ2v) is 6.29.